The summed E-state index contributed by atoms with van der Waals surface area (Å²) in [5.41, 5.74) is 6.60. The number of rotatable bonds is 1. The Morgan fingerprint density at radius 2 is 2.25 bits per heavy atom. The maximum absolute atomic E-state index is 11.7. The summed E-state index contributed by atoms with van der Waals surface area (Å²) in [7, 11) is 1.84. The Morgan fingerprint density at radius 3 is 3.00 bits per heavy atom. The van der Waals surface area contributed by atoms with Gasteiger partial charge in [-0.15, -0.1) is 0 Å². The molecule has 0 aliphatic carbocycles. The number of amides is 1. The van der Waals surface area contributed by atoms with Crippen LogP contribution in [-0.2, 0) is 4.79 Å². The Labute approximate surface area is 94.9 Å². The lowest BCUT2D eigenvalue weighted by molar-refractivity contribution is -0.127. The molecular formula is C11H16N4O. The third-order valence-electron chi connectivity index (χ3n) is 2.80. The minimum atomic E-state index is 0.146. The summed E-state index contributed by atoms with van der Waals surface area (Å²) < 4.78 is 0. The fourth-order valence-corrected chi connectivity index (χ4v) is 1.84. The van der Waals surface area contributed by atoms with Crippen molar-refractivity contribution in [1.82, 2.24) is 9.88 Å². The number of carbonyl (C=O) groups excluding carboxylic acids is 1. The van der Waals surface area contributed by atoms with Gasteiger partial charge in [0.25, 0.3) is 0 Å². The van der Waals surface area contributed by atoms with Crippen molar-refractivity contribution in [3.05, 3.63) is 18.3 Å². The molecule has 0 saturated carbocycles. The van der Waals surface area contributed by atoms with Gasteiger partial charge in [0, 0.05) is 38.1 Å². The van der Waals surface area contributed by atoms with E-state index >= 15 is 0 Å². The van der Waals surface area contributed by atoms with Crippen molar-refractivity contribution < 1.29 is 4.79 Å². The molecule has 2 rings (SSSR count). The zero-order valence-electron chi connectivity index (χ0n) is 9.39. The van der Waals surface area contributed by atoms with Crippen molar-refractivity contribution in [2.24, 2.45) is 0 Å². The summed E-state index contributed by atoms with van der Waals surface area (Å²) in [6.45, 7) is 2.11. The highest BCUT2D eigenvalue weighted by Gasteiger charge is 2.19. The third-order valence-corrected chi connectivity index (χ3v) is 2.80. The van der Waals surface area contributed by atoms with E-state index in [1.54, 1.807) is 17.2 Å². The maximum Gasteiger partial charge on any atom is 0.241 e. The maximum atomic E-state index is 11.7. The number of hydrogen-bond donors (Lipinski definition) is 1. The van der Waals surface area contributed by atoms with Crippen LogP contribution in [-0.4, -0.2) is 42.5 Å². The summed E-state index contributed by atoms with van der Waals surface area (Å²) >= 11 is 0. The monoisotopic (exact) mass is 220 g/mol. The zero-order chi connectivity index (χ0) is 11.5. The third kappa shape index (κ3) is 2.24. The predicted octanol–water partition coefficient (Wildman–Crippen LogP) is 0.332. The van der Waals surface area contributed by atoms with Gasteiger partial charge in [-0.1, -0.05) is 0 Å². The number of carbonyl (C=O) groups is 1. The van der Waals surface area contributed by atoms with E-state index in [-0.39, 0.29) is 5.91 Å². The lowest BCUT2D eigenvalue weighted by Gasteiger charge is -2.21. The van der Waals surface area contributed by atoms with Gasteiger partial charge in [-0.2, -0.15) is 0 Å². The van der Waals surface area contributed by atoms with Gasteiger partial charge in [-0.05, 0) is 12.5 Å². The zero-order valence-corrected chi connectivity index (χ0v) is 9.39. The van der Waals surface area contributed by atoms with Gasteiger partial charge in [0.15, 0.2) is 0 Å². The summed E-state index contributed by atoms with van der Waals surface area (Å²) in [6.07, 6.45) is 2.65. The molecule has 16 heavy (non-hydrogen) atoms. The van der Waals surface area contributed by atoms with E-state index in [0.717, 1.165) is 25.2 Å². The lowest BCUT2D eigenvalue weighted by Crippen LogP contribution is -2.34. The Balaban J connectivity index is 2.18. The Bertz CT molecular complexity index is 393. The number of pyridine rings is 1. The van der Waals surface area contributed by atoms with Crippen LogP contribution in [0.2, 0.25) is 0 Å². The molecule has 86 valence electrons. The number of aromatic nitrogens is 1. The molecule has 1 aromatic heterocycles. The van der Waals surface area contributed by atoms with Crippen LogP contribution in [0.25, 0.3) is 0 Å². The van der Waals surface area contributed by atoms with Gasteiger partial charge in [0.2, 0.25) is 5.91 Å². The topological polar surface area (TPSA) is 62.5 Å². The molecule has 1 aliphatic heterocycles. The van der Waals surface area contributed by atoms with Gasteiger partial charge >= 0.3 is 0 Å². The van der Waals surface area contributed by atoms with Crippen LogP contribution >= 0.6 is 0 Å². The van der Waals surface area contributed by atoms with Crippen molar-refractivity contribution in [2.75, 3.05) is 37.3 Å². The van der Waals surface area contributed by atoms with Crippen LogP contribution in [0.4, 0.5) is 11.5 Å². The standard InChI is InChI=1S/C11H16N4O/c1-14-5-2-6-15(8-11(14)16)9-3-4-13-10(12)7-9/h3-4,7H,2,5-6,8H2,1H3,(H2,12,13). The molecule has 2 heterocycles. The molecule has 0 bridgehead atoms. The number of nitrogens with zero attached hydrogens (tertiary/aromatic N) is 3. The van der Waals surface area contributed by atoms with Crippen LogP contribution in [0.15, 0.2) is 18.3 Å². The summed E-state index contributed by atoms with van der Waals surface area (Å²) in [6, 6.07) is 3.69. The molecule has 0 unspecified atom stereocenters. The van der Waals surface area contributed by atoms with Crippen molar-refractivity contribution in [3.8, 4) is 0 Å². The average Bonchev–Trinajstić information content (AvgIpc) is 2.42. The molecule has 1 aliphatic rings. The van der Waals surface area contributed by atoms with E-state index in [4.69, 9.17) is 5.73 Å². The minimum Gasteiger partial charge on any atom is -0.384 e. The summed E-state index contributed by atoms with van der Waals surface area (Å²) in [5, 5.41) is 0. The van der Waals surface area contributed by atoms with Gasteiger partial charge in [0.1, 0.15) is 5.82 Å². The number of anilines is 2. The van der Waals surface area contributed by atoms with Crippen LogP contribution < -0.4 is 10.6 Å². The van der Waals surface area contributed by atoms with Crippen LogP contribution in [0.5, 0.6) is 0 Å². The second-order valence-corrected chi connectivity index (χ2v) is 4.03. The molecule has 0 atom stereocenters. The van der Waals surface area contributed by atoms with Crippen molar-refractivity contribution in [1.29, 1.82) is 0 Å². The molecule has 1 saturated heterocycles. The van der Waals surface area contributed by atoms with Gasteiger partial charge in [-0.3, -0.25) is 4.79 Å². The molecule has 5 heteroatoms. The first kappa shape index (κ1) is 10.7. The normalized spacial score (nSPS) is 17.4. The van der Waals surface area contributed by atoms with E-state index in [1.807, 2.05) is 18.0 Å². The highest BCUT2D eigenvalue weighted by Crippen LogP contribution is 2.17. The van der Waals surface area contributed by atoms with Crippen LogP contribution in [0.1, 0.15) is 6.42 Å². The van der Waals surface area contributed by atoms with Crippen LogP contribution in [0, 0.1) is 0 Å². The first-order chi connectivity index (χ1) is 7.66. The quantitative estimate of drug-likeness (QED) is 0.741. The number of nitrogens with two attached hydrogens (primary N) is 1. The predicted molar refractivity (Wildman–Crippen MR) is 63.1 cm³/mol. The second kappa shape index (κ2) is 4.38. The molecule has 2 N–H and O–H groups in total. The molecular weight excluding hydrogens is 204 g/mol. The largest absolute Gasteiger partial charge is 0.384 e. The van der Waals surface area contributed by atoms with Crippen molar-refractivity contribution in [3.63, 3.8) is 0 Å². The Kier molecular flexibility index (Phi) is 2.94. The summed E-state index contributed by atoms with van der Waals surface area (Å²) in [4.78, 5) is 19.5. The van der Waals surface area contributed by atoms with Gasteiger partial charge in [-0.25, -0.2) is 4.98 Å². The second-order valence-electron chi connectivity index (χ2n) is 4.03. The molecule has 1 amide bonds. The first-order valence-corrected chi connectivity index (χ1v) is 5.37. The Morgan fingerprint density at radius 1 is 1.44 bits per heavy atom. The lowest BCUT2D eigenvalue weighted by atomic mass is 10.3. The van der Waals surface area contributed by atoms with Crippen molar-refractivity contribution >= 4 is 17.4 Å². The van der Waals surface area contributed by atoms with E-state index in [9.17, 15) is 4.79 Å². The van der Waals surface area contributed by atoms with E-state index < -0.39 is 0 Å². The summed E-state index contributed by atoms with van der Waals surface area (Å²) in [5.74, 6) is 0.635. The van der Waals surface area contributed by atoms with E-state index in [1.165, 1.54) is 0 Å². The highest BCUT2D eigenvalue weighted by atomic mass is 16.2. The number of likely N-dealkylation sites (N-methyl/N-ethyl adjacent to an activating group) is 1. The molecule has 5 nitrogen and oxygen atoms in total. The molecule has 0 spiro atoms. The van der Waals surface area contributed by atoms with Gasteiger partial charge < -0.3 is 15.5 Å². The fourth-order valence-electron chi connectivity index (χ4n) is 1.84. The van der Waals surface area contributed by atoms with E-state index in [2.05, 4.69) is 4.98 Å². The molecule has 0 aromatic carbocycles. The fraction of sp³-hybridized carbons (Fsp3) is 0.455. The number of nitrogen functional groups attached to an aromatic ring is 1. The first-order valence-electron chi connectivity index (χ1n) is 5.37. The van der Waals surface area contributed by atoms with Gasteiger partial charge in [0.05, 0.1) is 6.54 Å². The molecule has 0 radical (unpaired) electrons. The average molecular weight is 220 g/mol. The highest BCUT2D eigenvalue weighted by molar-refractivity contribution is 5.81. The van der Waals surface area contributed by atoms with E-state index in [0.29, 0.717) is 12.4 Å². The molecule has 1 fully saturated rings. The smallest absolute Gasteiger partial charge is 0.241 e. The minimum absolute atomic E-state index is 0.146. The Hall–Kier alpha value is -1.78. The molecule has 1 aromatic rings. The number of hydrogen-bond acceptors (Lipinski definition) is 4. The van der Waals surface area contributed by atoms with Crippen molar-refractivity contribution in [2.45, 2.75) is 6.42 Å². The van der Waals surface area contributed by atoms with Crippen LogP contribution in [0.3, 0.4) is 0 Å². The SMILES string of the molecule is CN1CCCN(c2ccnc(N)c2)CC1=O.